The second kappa shape index (κ2) is 4.90. The van der Waals surface area contributed by atoms with Gasteiger partial charge in [0.2, 0.25) is 0 Å². The highest BCUT2D eigenvalue weighted by Crippen LogP contribution is 2.42. The van der Waals surface area contributed by atoms with Gasteiger partial charge in [0, 0.05) is 10.9 Å². The molecule has 1 aromatic rings. The van der Waals surface area contributed by atoms with Gasteiger partial charge < -0.3 is 5.73 Å². The Hall–Kier alpha value is -0.680. The lowest BCUT2D eigenvalue weighted by Crippen LogP contribution is -2.13. The summed E-state index contributed by atoms with van der Waals surface area (Å²) in [7, 11) is 0. The van der Waals surface area contributed by atoms with E-state index in [0.717, 1.165) is 19.3 Å². The van der Waals surface area contributed by atoms with Crippen molar-refractivity contribution in [2.75, 3.05) is 0 Å². The molecule has 2 rings (SSSR count). The Morgan fingerprint density at radius 3 is 2.53 bits per heavy atom. The zero-order valence-electron chi connectivity index (χ0n) is 9.20. The van der Waals surface area contributed by atoms with Crippen molar-refractivity contribution in [3.8, 4) is 0 Å². The average Bonchev–Trinajstić information content (AvgIpc) is 3.00. The number of rotatable bonds is 4. The third kappa shape index (κ3) is 3.92. The van der Waals surface area contributed by atoms with Gasteiger partial charge in [-0.25, -0.2) is 0 Å². The topological polar surface area (TPSA) is 26.0 Å². The molecule has 1 aromatic carbocycles. The second-order valence-corrected chi connectivity index (χ2v) is 5.48. The molecule has 1 nitrogen and oxygen atoms in total. The van der Waals surface area contributed by atoms with E-state index in [1.165, 1.54) is 6.07 Å². The second-order valence-electron chi connectivity index (χ2n) is 4.37. The molecule has 1 atom stereocenters. The minimum Gasteiger partial charge on any atom is -0.324 e. The van der Waals surface area contributed by atoms with Crippen LogP contribution in [-0.4, -0.2) is 5.51 Å². The summed E-state index contributed by atoms with van der Waals surface area (Å²) in [4.78, 5) is 0.230. The molecular weight excluding hydrogens is 247 g/mol. The minimum absolute atomic E-state index is 0.0768. The number of alkyl halides is 3. The minimum atomic E-state index is -4.25. The SMILES string of the molecule is N[C@H](CC1CC1)c1ccccc1SC(F)(F)F. The van der Waals surface area contributed by atoms with Crippen LogP contribution in [0.4, 0.5) is 13.2 Å². The predicted molar refractivity (Wildman–Crippen MR) is 62.6 cm³/mol. The molecule has 0 bridgehead atoms. The quantitative estimate of drug-likeness (QED) is 0.826. The van der Waals surface area contributed by atoms with Crippen LogP contribution in [0.1, 0.15) is 30.9 Å². The van der Waals surface area contributed by atoms with Crippen molar-refractivity contribution in [2.45, 2.75) is 35.7 Å². The maximum absolute atomic E-state index is 12.4. The highest BCUT2D eigenvalue weighted by Gasteiger charge is 2.32. The summed E-state index contributed by atoms with van der Waals surface area (Å²) in [5.41, 5.74) is 2.33. The smallest absolute Gasteiger partial charge is 0.324 e. The summed E-state index contributed by atoms with van der Waals surface area (Å²) in [6, 6.07) is 6.25. The van der Waals surface area contributed by atoms with Gasteiger partial charge in [0.05, 0.1) is 0 Å². The summed E-state index contributed by atoms with van der Waals surface area (Å²) in [6.07, 6.45) is 3.10. The summed E-state index contributed by atoms with van der Waals surface area (Å²) in [5, 5.41) is 0. The molecule has 0 spiro atoms. The molecule has 1 saturated carbocycles. The molecule has 0 aliphatic heterocycles. The third-order valence-corrected chi connectivity index (χ3v) is 3.65. The fraction of sp³-hybridized carbons (Fsp3) is 0.500. The standard InChI is InChI=1S/C12H14F3NS/c13-12(14,15)17-11-4-2-1-3-9(11)10(16)7-8-5-6-8/h1-4,8,10H,5-7,16H2/t10-/m1/s1. The summed E-state index contributed by atoms with van der Waals surface area (Å²) in [6.45, 7) is 0. The maximum atomic E-state index is 12.4. The molecule has 1 fully saturated rings. The number of hydrogen-bond acceptors (Lipinski definition) is 2. The van der Waals surface area contributed by atoms with Gasteiger partial charge in [-0.05, 0) is 35.7 Å². The maximum Gasteiger partial charge on any atom is 0.446 e. The van der Waals surface area contributed by atoms with Crippen LogP contribution >= 0.6 is 11.8 Å². The van der Waals surface area contributed by atoms with Gasteiger partial charge in [0.1, 0.15) is 0 Å². The van der Waals surface area contributed by atoms with Crippen LogP contribution in [-0.2, 0) is 0 Å². The Morgan fingerprint density at radius 2 is 1.94 bits per heavy atom. The molecule has 17 heavy (non-hydrogen) atoms. The first-order valence-corrected chi connectivity index (χ1v) is 6.37. The monoisotopic (exact) mass is 261 g/mol. The zero-order valence-corrected chi connectivity index (χ0v) is 10.0. The van der Waals surface area contributed by atoms with E-state index >= 15 is 0 Å². The number of nitrogens with two attached hydrogens (primary N) is 1. The number of hydrogen-bond donors (Lipinski definition) is 1. The Kier molecular flexibility index (Phi) is 3.68. The number of benzene rings is 1. The van der Waals surface area contributed by atoms with E-state index in [0.29, 0.717) is 11.5 Å². The number of thioether (sulfide) groups is 1. The van der Waals surface area contributed by atoms with Gasteiger partial charge in [-0.2, -0.15) is 13.2 Å². The van der Waals surface area contributed by atoms with Crippen LogP contribution in [0, 0.1) is 5.92 Å². The molecule has 5 heteroatoms. The molecule has 1 aliphatic carbocycles. The van der Waals surface area contributed by atoms with E-state index in [-0.39, 0.29) is 22.7 Å². The van der Waals surface area contributed by atoms with E-state index in [1.54, 1.807) is 18.2 Å². The molecule has 0 saturated heterocycles. The van der Waals surface area contributed by atoms with Crippen LogP contribution in [0.25, 0.3) is 0 Å². The third-order valence-electron chi connectivity index (χ3n) is 2.83. The van der Waals surface area contributed by atoms with Gasteiger partial charge in [0.25, 0.3) is 0 Å². The van der Waals surface area contributed by atoms with Crippen molar-refractivity contribution in [1.82, 2.24) is 0 Å². The molecule has 2 N–H and O–H groups in total. The van der Waals surface area contributed by atoms with E-state index < -0.39 is 5.51 Å². The first kappa shape index (κ1) is 12.8. The van der Waals surface area contributed by atoms with E-state index in [2.05, 4.69) is 0 Å². The van der Waals surface area contributed by atoms with Crippen molar-refractivity contribution in [2.24, 2.45) is 11.7 Å². The van der Waals surface area contributed by atoms with Crippen molar-refractivity contribution < 1.29 is 13.2 Å². The highest BCUT2D eigenvalue weighted by molar-refractivity contribution is 8.00. The fourth-order valence-electron chi connectivity index (χ4n) is 1.84. The molecular formula is C12H14F3NS. The lowest BCUT2D eigenvalue weighted by Gasteiger charge is -2.16. The number of halogens is 3. The van der Waals surface area contributed by atoms with E-state index in [1.807, 2.05) is 0 Å². The van der Waals surface area contributed by atoms with Crippen molar-refractivity contribution in [3.63, 3.8) is 0 Å². The molecule has 0 unspecified atom stereocenters. The van der Waals surface area contributed by atoms with Crippen molar-refractivity contribution in [1.29, 1.82) is 0 Å². The van der Waals surface area contributed by atoms with E-state index in [4.69, 9.17) is 5.73 Å². The molecule has 0 aromatic heterocycles. The molecule has 1 aliphatic rings. The average molecular weight is 261 g/mol. The highest BCUT2D eigenvalue weighted by atomic mass is 32.2. The van der Waals surface area contributed by atoms with E-state index in [9.17, 15) is 13.2 Å². The van der Waals surface area contributed by atoms with Gasteiger partial charge in [-0.1, -0.05) is 31.0 Å². The first-order valence-electron chi connectivity index (χ1n) is 5.56. The fourth-order valence-corrected chi connectivity index (χ4v) is 2.58. The van der Waals surface area contributed by atoms with Crippen LogP contribution in [0.2, 0.25) is 0 Å². The summed E-state index contributed by atoms with van der Waals surface area (Å²) >= 11 is -0.0768. The Morgan fingerprint density at radius 1 is 1.29 bits per heavy atom. The lowest BCUT2D eigenvalue weighted by molar-refractivity contribution is -0.0328. The summed E-state index contributed by atoms with van der Waals surface area (Å²) in [5.74, 6) is 0.606. The van der Waals surface area contributed by atoms with Crippen LogP contribution in [0.3, 0.4) is 0 Å². The Labute approximate surface area is 103 Å². The van der Waals surface area contributed by atoms with Crippen molar-refractivity contribution >= 4 is 11.8 Å². The Balaban J connectivity index is 2.13. The lowest BCUT2D eigenvalue weighted by atomic mass is 10.0. The van der Waals surface area contributed by atoms with Gasteiger partial charge in [0.15, 0.2) is 0 Å². The van der Waals surface area contributed by atoms with Gasteiger partial charge in [-0.15, -0.1) is 0 Å². The first-order chi connectivity index (χ1) is 7.96. The molecule has 0 amide bonds. The zero-order chi connectivity index (χ0) is 12.5. The molecule has 0 heterocycles. The van der Waals surface area contributed by atoms with Crippen molar-refractivity contribution in [3.05, 3.63) is 29.8 Å². The van der Waals surface area contributed by atoms with Gasteiger partial charge >= 0.3 is 5.51 Å². The summed E-state index contributed by atoms with van der Waals surface area (Å²) < 4.78 is 37.1. The van der Waals surface area contributed by atoms with Gasteiger partial charge in [-0.3, -0.25) is 0 Å². The van der Waals surface area contributed by atoms with Crippen LogP contribution < -0.4 is 5.73 Å². The van der Waals surface area contributed by atoms with Crippen LogP contribution in [0.5, 0.6) is 0 Å². The van der Waals surface area contributed by atoms with Crippen LogP contribution in [0.15, 0.2) is 29.2 Å². The molecule has 0 radical (unpaired) electrons. The normalized spacial score (nSPS) is 18.1. The predicted octanol–water partition coefficient (Wildman–Crippen LogP) is 4.10. The largest absolute Gasteiger partial charge is 0.446 e. The Bertz CT molecular complexity index is 388. The molecule has 94 valence electrons.